The maximum atomic E-state index is 12.9. The topological polar surface area (TPSA) is 76.7 Å². The number of amides is 1. The molecule has 1 amide bonds. The van der Waals surface area contributed by atoms with Crippen LogP contribution in [0.1, 0.15) is 58.2 Å². The minimum absolute atomic E-state index is 0.286. The molecule has 0 aliphatic rings. The van der Waals surface area contributed by atoms with E-state index < -0.39 is 23.3 Å². The van der Waals surface area contributed by atoms with E-state index in [2.05, 4.69) is 10.6 Å². The van der Waals surface area contributed by atoms with Gasteiger partial charge in [-0.2, -0.15) is 0 Å². The van der Waals surface area contributed by atoms with Gasteiger partial charge in [0.25, 0.3) is 0 Å². The lowest BCUT2D eigenvalue weighted by atomic mass is 10.0. The molecule has 0 heterocycles. The predicted molar refractivity (Wildman–Crippen MR) is 126 cm³/mol. The molecule has 32 heavy (non-hydrogen) atoms. The van der Waals surface area contributed by atoms with Gasteiger partial charge in [-0.25, -0.2) is 4.79 Å². The first kappa shape index (κ1) is 25.4. The Kier molecular flexibility index (Phi) is 8.84. The smallest absolute Gasteiger partial charge is 0.407 e. The molecule has 6 heteroatoms. The summed E-state index contributed by atoms with van der Waals surface area (Å²) in [6, 6.07) is 17.2. The van der Waals surface area contributed by atoms with E-state index in [1.54, 1.807) is 0 Å². The number of nitrogens with one attached hydrogen (secondary N) is 2. The maximum absolute atomic E-state index is 12.9. The Morgan fingerprint density at radius 2 is 1.31 bits per heavy atom. The average Bonchev–Trinajstić information content (AvgIpc) is 2.68. The SMILES string of the molecule is CC(C)(C)OC(=O)NCc1ccccc1CNC(Cc1ccccc1)C(=O)OC(C)(C)C. The number of hydrogen-bond donors (Lipinski definition) is 2. The van der Waals surface area contributed by atoms with Crippen LogP contribution in [0.15, 0.2) is 54.6 Å². The van der Waals surface area contributed by atoms with Crippen LogP contribution in [-0.2, 0) is 33.8 Å². The van der Waals surface area contributed by atoms with Crippen molar-refractivity contribution >= 4 is 12.1 Å². The number of ether oxygens (including phenoxy) is 2. The summed E-state index contributed by atoms with van der Waals surface area (Å²) in [6.07, 6.45) is 0.0598. The van der Waals surface area contributed by atoms with Crippen molar-refractivity contribution in [1.29, 1.82) is 0 Å². The fourth-order valence-electron chi connectivity index (χ4n) is 3.08. The van der Waals surface area contributed by atoms with Crippen molar-refractivity contribution in [3.05, 3.63) is 71.3 Å². The summed E-state index contributed by atoms with van der Waals surface area (Å²) in [5.74, 6) is -0.286. The van der Waals surface area contributed by atoms with Gasteiger partial charge in [0.15, 0.2) is 0 Å². The normalized spacial score (nSPS) is 12.7. The zero-order valence-electron chi connectivity index (χ0n) is 20.0. The highest BCUT2D eigenvalue weighted by molar-refractivity contribution is 5.76. The van der Waals surface area contributed by atoms with Gasteiger partial charge < -0.3 is 20.1 Å². The monoisotopic (exact) mass is 440 g/mol. The molecule has 0 aliphatic heterocycles. The van der Waals surface area contributed by atoms with Crippen LogP contribution in [-0.4, -0.2) is 29.3 Å². The maximum Gasteiger partial charge on any atom is 0.407 e. The largest absolute Gasteiger partial charge is 0.459 e. The van der Waals surface area contributed by atoms with E-state index >= 15 is 0 Å². The van der Waals surface area contributed by atoms with Gasteiger partial charge in [-0.15, -0.1) is 0 Å². The van der Waals surface area contributed by atoms with Gasteiger partial charge in [0, 0.05) is 13.1 Å². The van der Waals surface area contributed by atoms with E-state index in [9.17, 15) is 9.59 Å². The lowest BCUT2D eigenvalue weighted by Crippen LogP contribution is -2.42. The number of benzene rings is 2. The highest BCUT2D eigenvalue weighted by Gasteiger charge is 2.25. The summed E-state index contributed by atoms with van der Waals surface area (Å²) in [5.41, 5.74) is 1.88. The second kappa shape index (κ2) is 11.1. The molecule has 2 N–H and O–H groups in total. The van der Waals surface area contributed by atoms with Crippen molar-refractivity contribution in [2.75, 3.05) is 0 Å². The Morgan fingerprint density at radius 1 is 0.781 bits per heavy atom. The van der Waals surface area contributed by atoms with Crippen LogP contribution in [0.25, 0.3) is 0 Å². The average molecular weight is 441 g/mol. The summed E-state index contributed by atoms with van der Waals surface area (Å²) in [4.78, 5) is 24.9. The zero-order valence-corrected chi connectivity index (χ0v) is 20.0. The van der Waals surface area contributed by atoms with Crippen molar-refractivity contribution in [1.82, 2.24) is 10.6 Å². The molecule has 0 aliphatic carbocycles. The van der Waals surface area contributed by atoms with E-state index in [0.29, 0.717) is 19.5 Å². The summed E-state index contributed by atoms with van der Waals surface area (Å²) in [5, 5.41) is 6.15. The van der Waals surface area contributed by atoms with Gasteiger partial charge >= 0.3 is 12.1 Å². The van der Waals surface area contributed by atoms with Gasteiger partial charge in [0.05, 0.1) is 0 Å². The van der Waals surface area contributed by atoms with Crippen LogP contribution >= 0.6 is 0 Å². The molecule has 2 aromatic carbocycles. The highest BCUT2D eigenvalue weighted by atomic mass is 16.6. The standard InChI is InChI=1S/C26H36N2O4/c1-25(2,3)31-23(29)22(16-19-12-8-7-9-13-19)27-17-20-14-10-11-15-21(20)18-28-24(30)32-26(4,5)6/h7-15,22,27H,16-18H2,1-6H3,(H,28,30). The van der Waals surface area contributed by atoms with Crippen LogP contribution in [0.3, 0.4) is 0 Å². The molecule has 0 spiro atoms. The van der Waals surface area contributed by atoms with E-state index in [4.69, 9.17) is 9.47 Å². The molecule has 0 fully saturated rings. The van der Waals surface area contributed by atoms with Crippen LogP contribution in [0.4, 0.5) is 4.79 Å². The minimum atomic E-state index is -0.567. The third-order valence-corrected chi connectivity index (χ3v) is 4.45. The summed E-state index contributed by atoms with van der Waals surface area (Å²) in [7, 11) is 0. The number of alkyl carbamates (subject to hydrolysis) is 1. The molecular weight excluding hydrogens is 404 g/mol. The molecule has 0 radical (unpaired) electrons. The molecule has 0 bridgehead atoms. The lowest BCUT2D eigenvalue weighted by molar-refractivity contribution is -0.157. The fraction of sp³-hybridized carbons (Fsp3) is 0.462. The van der Waals surface area contributed by atoms with Gasteiger partial charge in [-0.3, -0.25) is 4.79 Å². The van der Waals surface area contributed by atoms with Crippen LogP contribution in [0.2, 0.25) is 0 Å². The van der Waals surface area contributed by atoms with Crippen LogP contribution < -0.4 is 10.6 Å². The molecule has 0 saturated heterocycles. The Hall–Kier alpha value is -2.86. The number of carbonyl (C=O) groups is 2. The van der Waals surface area contributed by atoms with E-state index in [1.165, 1.54) is 0 Å². The number of carbonyl (C=O) groups excluding carboxylic acids is 2. The Balaban J connectivity index is 2.08. The van der Waals surface area contributed by atoms with E-state index in [0.717, 1.165) is 16.7 Å². The third kappa shape index (κ3) is 9.52. The van der Waals surface area contributed by atoms with Gasteiger partial charge in [0.2, 0.25) is 0 Å². The Labute approximate surface area is 191 Å². The predicted octanol–water partition coefficient (Wildman–Crippen LogP) is 4.75. The molecule has 0 saturated carbocycles. The summed E-state index contributed by atoms with van der Waals surface area (Å²) < 4.78 is 11.0. The van der Waals surface area contributed by atoms with Crippen LogP contribution in [0, 0.1) is 0 Å². The Morgan fingerprint density at radius 3 is 1.88 bits per heavy atom. The molecule has 2 rings (SSSR count). The molecule has 0 aromatic heterocycles. The first-order valence-corrected chi connectivity index (χ1v) is 11.0. The fourth-order valence-corrected chi connectivity index (χ4v) is 3.08. The van der Waals surface area contributed by atoms with Crippen molar-refractivity contribution < 1.29 is 19.1 Å². The molecule has 2 aromatic rings. The Bertz CT molecular complexity index is 883. The number of rotatable bonds is 8. The molecule has 1 atom stereocenters. The summed E-state index contributed by atoms with van der Waals surface area (Å²) in [6.45, 7) is 11.9. The van der Waals surface area contributed by atoms with Crippen molar-refractivity contribution in [3.8, 4) is 0 Å². The van der Waals surface area contributed by atoms with Gasteiger partial charge in [0.1, 0.15) is 17.2 Å². The highest BCUT2D eigenvalue weighted by Crippen LogP contribution is 2.14. The number of esters is 1. The molecular formula is C26H36N2O4. The summed E-state index contributed by atoms with van der Waals surface area (Å²) >= 11 is 0. The first-order valence-electron chi connectivity index (χ1n) is 11.0. The first-order chi connectivity index (χ1) is 14.9. The quantitative estimate of drug-likeness (QED) is 0.579. The molecule has 6 nitrogen and oxygen atoms in total. The minimum Gasteiger partial charge on any atom is -0.459 e. The molecule has 1 unspecified atom stereocenters. The third-order valence-electron chi connectivity index (χ3n) is 4.45. The van der Waals surface area contributed by atoms with Gasteiger partial charge in [-0.05, 0) is 64.7 Å². The van der Waals surface area contributed by atoms with Crippen molar-refractivity contribution in [2.24, 2.45) is 0 Å². The van der Waals surface area contributed by atoms with E-state index in [1.807, 2.05) is 96.1 Å². The van der Waals surface area contributed by atoms with Crippen molar-refractivity contribution in [2.45, 2.75) is 78.3 Å². The number of hydrogen-bond acceptors (Lipinski definition) is 5. The molecule has 174 valence electrons. The zero-order chi connectivity index (χ0) is 23.8. The lowest BCUT2D eigenvalue weighted by Gasteiger charge is -2.25. The van der Waals surface area contributed by atoms with E-state index in [-0.39, 0.29) is 5.97 Å². The second-order valence-corrected chi connectivity index (χ2v) is 9.78. The van der Waals surface area contributed by atoms with Gasteiger partial charge in [-0.1, -0.05) is 54.6 Å². The van der Waals surface area contributed by atoms with Crippen LogP contribution in [0.5, 0.6) is 0 Å². The van der Waals surface area contributed by atoms with Crippen molar-refractivity contribution in [3.63, 3.8) is 0 Å². The second-order valence-electron chi connectivity index (χ2n) is 9.78.